The third kappa shape index (κ3) is 5.67. The van der Waals surface area contributed by atoms with Gasteiger partial charge in [0.15, 0.2) is 0 Å². The Bertz CT molecular complexity index is 618. The number of halogens is 3. The fourth-order valence-corrected chi connectivity index (χ4v) is 3.08. The van der Waals surface area contributed by atoms with Crippen molar-refractivity contribution in [3.63, 3.8) is 0 Å². The number of carbonyl (C=O) groups is 2. The molecule has 0 fully saturated rings. The maximum Gasteiger partial charge on any atom is 0.424 e. The fourth-order valence-electron chi connectivity index (χ4n) is 2.16. The van der Waals surface area contributed by atoms with E-state index >= 15 is 0 Å². The summed E-state index contributed by atoms with van der Waals surface area (Å²) in [6.45, 7) is 4.85. The minimum atomic E-state index is -5.09. The van der Waals surface area contributed by atoms with E-state index in [1.165, 1.54) is 12.3 Å². The largest absolute Gasteiger partial charge is 0.481 e. The van der Waals surface area contributed by atoms with Crippen molar-refractivity contribution >= 4 is 23.2 Å². The monoisotopic (exact) mass is 382 g/mol. The molecule has 0 aliphatic rings. The first kappa shape index (κ1) is 21.4. The molecule has 0 aromatic carbocycles. The standard InChI is InChI=1S/C15H21F3N2O4S/c1-9(2)7-20(5-4-12(22)23)11(21)6-14(24,15(16,17)18)13-19-10(3)8-25-13/h8-9,24H,4-7H2,1-3H3,(H,22,23). The molecule has 1 unspecified atom stereocenters. The van der Waals surface area contributed by atoms with Crippen LogP contribution in [0.15, 0.2) is 5.38 Å². The topological polar surface area (TPSA) is 90.7 Å². The van der Waals surface area contributed by atoms with Gasteiger partial charge >= 0.3 is 12.1 Å². The van der Waals surface area contributed by atoms with Gasteiger partial charge in [-0.1, -0.05) is 13.8 Å². The van der Waals surface area contributed by atoms with Gasteiger partial charge in [-0.2, -0.15) is 13.2 Å². The van der Waals surface area contributed by atoms with Gasteiger partial charge in [-0.3, -0.25) is 9.59 Å². The van der Waals surface area contributed by atoms with E-state index in [1.54, 1.807) is 13.8 Å². The lowest BCUT2D eigenvalue weighted by atomic mass is 9.98. The number of aliphatic hydroxyl groups is 1. The number of aromatic nitrogens is 1. The van der Waals surface area contributed by atoms with E-state index < -0.39 is 35.1 Å². The number of nitrogens with zero attached hydrogens (tertiary/aromatic N) is 2. The van der Waals surface area contributed by atoms with Gasteiger partial charge < -0.3 is 15.1 Å². The molecule has 25 heavy (non-hydrogen) atoms. The molecule has 0 saturated carbocycles. The molecule has 10 heteroatoms. The Kier molecular flexibility index (Phi) is 6.95. The van der Waals surface area contributed by atoms with E-state index in [1.807, 2.05) is 0 Å². The van der Waals surface area contributed by atoms with Gasteiger partial charge in [-0.05, 0) is 12.8 Å². The van der Waals surface area contributed by atoms with Gasteiger partial charge in [0.05, 0.1) is 12.8 Å². The molecule has 1 aromatic heterocycles. The van der Waals surface area contributed by atoms with E-state index in [9.17, 15) is 27.9 Å². The van der Waals surface area contributed by atoms with Gasteiger partial charge in [-0.15, -0.1) is 11.3 Å². The van der Waals surface area contributed by atoms with Crippen LogP contribution in [0.2, 0.25) is 0 Å². The zero-order valence-corrected chi connectivity index (χ0v) is 14.9. The number of carboxylic acids is 1. The molecule has 1 aromatic rings. The molecular weight excluding hydrogens is 361 g/mol. The van der Waals surface area contributed by atoms with Gasteiger partial charge in [0.2, 0.25) is 11.5 Å². The number of rotatable bonds is 8. The zero-order chi connectivity index (χ0) is 19.4. The van der Waals surface area contributed by atoms with Crippen LogP contribution < -0.4 is 0 Å². The number of carbonyl (C=O) groups excluding carboxylic acids is 1. The van der Waals surface area contributed by atoms with Crippen LogP contribution in [0.4, 0.5) is 13.2 Å². The van der Waals surface area contributed by atoms with E-state index in [-0.39, 0.29) is 25.4 Å². The Balaban J connectivity index is 3.08. The number of aryl methyl sites for hydroxylation is 1. The summed E-state index contributed by atoms with van der Waals surface area (Å²) in [4.78, 5) is 27.8. The summed E-state index contributed by atoms with van der Waals surface area (Å²) in [6, 6.07) is 0. The quantitative estimate of drug-likeness (QED) is 0.721. The third-order valence-electron chi connectivity index (χ3n) is 3.38. The Hall–Kier alpha value is -1.68. The Labute approximate surface area is 147 Å². The summed E-state index contributed by atoms with van der Waals surface area (Å²) < 4.78 is 40.4. The van der Waals surface area contributed by atoms with Gasteiger partial charge in [-0.25, -0.2) is 4.98 Å². The zero-order valence-electron chi connectivity index (χ0n) is 14.1. The first-order valence-electron chi connectivity index (χ1n) is 7.58. The summed E-state index contributed by atoms with van der Waals surface area (Å²) in [6.07, 6.45) is -6.72. The van der Waals surface area contributed by atoms with Crippen molar-refractivity contribution in [3.05, 3.63) is 16.1 Å². The number of amides is 1. The molecule has 0 aliphatic carbocycles. The Morgan fingerprint density at radius 1 is 1.36 bits per heavy atom. The second-order valence-electron chi connectivity index (χ2n) is 6.21. The van der Waals surface area contributed by atoms with Crippen molar-refractivity contribution in [1.82, 2.24) is 9.88 Å². The van der Waals surface area contributed by atoms with Crippen molar-refractivity contribution in [2.75, 3.05) is 13.1 Å². The molecule has 0 spiro atoms. The van der Waals surface area contributed by atoms with Crippen LogP contribution in [0.1, 0.15) is 37.4 Å². The van der Waals surface area contributed by atoms with E-state index in [2.05, 4.69) is 4.98 Å². The second-order valence-corrected chi connectivity index (χ2v) is 7.06. The first-order chi connectivity index (χ1) is 11.4. The molecule has 142 valence electrons. The predicted octanol–water partition coefficient (Wildman–Crippen LogP) is 2.55. The summed E-state index contributed by atoms with van der Waals surface area (Å²) in [5, 5.41) is 19.7. The molecule has 2 N–H and O–H groups in total. The molecule has 6 nitrogen and oxygen atoms in total. The number of carboxylic acid groups (broad SMARTS) is 1. The maximum absolute atomic E-state index is 13.5. The SMILES string of the molecule is Cc1csc(C(O)(CC(=O)N(CCC(=O)O)CC(C)C)C(F)(F)F)n1. The average molecular weight is 382 g/mol. The molecule has 1 heterocycles. The van der Waals surface area contributed by atoms with Gasteiger partial charge in [0.1, 0.15) is 5.01 Å². The minimum Gasteiger partial charge on any atom is -0.481 e. The fraction of sp³-hybridized carbons (Fsp3) is 0.667. The predicted molar refractivity (Wildman–Crippen MR) is 85.1 cm³/mol. The highest BCUT2D eigenvalue weighted by molar-refractivity contribution is 7.09. The van der Waals surface area contributed by atoms with E-state index in [0.717, 1.165) is 4.90 Å². The Morgan fingerprint density at radius 3 is 2.36 bits per heavy atom. The maximum atomic E-state index is 13.5. The lowest BCUT2D eigenvalue weighted by Crippen LogP contribution is -2.48. The van der Waals surface area contributed by atoms with Gasteiger partial charge in [0, 0.05) is 24.2 Å². The van der Waals surface area contributed by atoms with Crippen LogP contribution in [-0.4, -0.2) is 51.2 Å². The highest BCUT2D eigenvalue weighted by atomic mass is 32.1. The minimum absolute atomic E-state index is 0.0705. The van der Waals surface area contributed by atoms with Crippen molar-refractivity contribution in [1.29, 1.82) is 0 Å². The van der Waals surface area contributed by atoms with Gasteiger partial charge in [0.25, 0.3) is 0 Å². The van der Waals surface area contributed by atoms with Crippen LogP contribution in [0.3, 0.4) is 0 Å². The molecule has 0 bridgehead atoms. The molecule has 1 rings (SSSR count). The molecular formula is C15H21F3N2O4S. The summed E-state index contributed by atoms with van der Waals surface area (Å²) >= 11 is 0.623. The number of aliphatic carboxylic acids is 1. The van der Waals surface area contributed by atoms with Crippen LogP contribution in [0, 0.1) is 12.8 Å². The summed E-state index contributed by atoms with van der Waals surface area (Å²) in [7, 11) is 0. The van der Waals surface area contributed by atoms with Crippen LogP contribution in [-0.2, 0) is 15.2 Å². The van der Waals surface area contributed by atoms with E-state index in [4.69, 9.17) is 5.11 Å². The van der Waals surface area contributed by atoms with E-state index in [0.29, 0.717) is 17.0 Å². The molecule has 1 amide bonds. The number of hydrogen-bond acceptors (Lipinski definition) is 5. The second kappa shape index (κ2) is 8.13. The highest BCUT2D eigenvalue weighted by Gasteiger charge is 2.58. The van der Waals surface area contributed by atoms with Crippen molar-refractivity contribution in [3.8, 4) is 0 Å². The number of hydrogen-bond donors (Lipinski definition) is 2. The molecule has 0 radical (unpaired) electrons. The normalized spacial score (nSPS) is 14.4. The summed E-state index contributed by atoms with van der Waals surface area (Å²) in [5.41, 5.74) is -3.10. The molecule has 1 atom stereocenters. The van der Waals surface area contributed by atoms with Crippen molar-refractivity contribution in [2.24, 2.45) is 5.92 Å². The smallest absolute Gasteiger partial charge is 0.424 e. The van der Waals surface area contributed by atoms with Crippen molar-refractivity contribution in [2.45, 2.75) is 45.4 Å². The van der Waals surface area contributed by atoms with Crippen LogP contribution in [0.5, 0.6) is 0 Å². The van der Waals surface area contributed by atoms with Crippen molar-refractivity contribution < 1.29 is 33.0 Å². The molecule has 0 saturated heterocycles. The average Bonchev–Trinajstić information content (AvgIpc) is 2.88. The van der Waals surface area contributed by atoms with Crippen LogP contribution in [0.25, 0.3) is 0 Å². The highest BCUT2D eigenvalue weighted by Crippen LogP contribution is 2.43. The Morgan fingerprint density at radius 2 is 1.96 bits per heavy atom. The summed E-state index contributed by atoms with van der Waals surface area (Å²) in [5.74, 6) is -2.20. The third-order valence-corrected chi connectivity index (χ3v) is 4.49. The lowest BCUT2D eigenvalue weighted by Gasteiger charge is -2.31. The van der Waals surface area contributed by atoms with Crippen LogP contribution >= 0.6 is 11.3 Å². The first-order valence-corrected chi connectivity index (χ1v) is 8.46. The number of alkyl halides is 3. The lowest BCUT2D eigenvalue weighted by molar-refractivity contribution is -0.268. The molecule has 0 aliphatic heterocycles. The number of thiazole rings is 1.